The molecule has 3 atom stereocenters. The quantitative estimate of drug-likeness (QED) is 0.795. The lowest BCUT2D eigenvalue weighted by Gasteiger charge is -2.24. The summed E-state index contributed by atoms with van der Waals surface area (Å²) in [7, 11) is 0. The topological polar surface area (TPSA) is 20.3 Å². The summed E-state index contributed by atoms with van der Waals surface area (Å²) >= 11 is 5.85. The zero-order chi connectivity index (χ0) is 13.3. The van der Waals surface area contributed by atoms with Gasteiger partial charge in [-0.15, -0.1) is 0 Å². The van der Waals surface area contributed by atoms with Gasteiger partial charge in [0.05, 0.1) is 0 Å². The third kappa shape index (κ3) is 2.39. The fourth-order valence-electron chi connectivity index (χ4n) is 3.09. The Bertz CT molecular complexity index is 429. The van der Waals surface area contributed by atoms with Crippen LogP contribution in [0.2, 0.25) is 5.02 Å². The van der Waals surface area contributed by atoms with Crippen molar-refractivity contribution in [1.29, 1.82) is 0 Å². The molecule has 0 N–H and O–H groups in total. The molecule has 3 unspecified atom stereocenters. The summed E-state index contributed by atoms with van der Waals surface area (Å²) in [5.74, 6) is 1.32. The average molecular weight is 266 g/mol. The predicted octanol–water partition coefficient (Wildman–Crippen LogP) is 3.85. The molecule has 0 radical (unpaired) electrons. The maximum absolute atomic E-state index is 12.5. The summed E-state index contributed by atoms with van der Waals surface area (Å²) in [6, 6.07) is 7.49. The second-order valence-corrected chi connectivity index (χ2v) is 5.69. The molecule has 3 heteroatoms. The molecule has 1 amide bonds. The second-order valence-electron chi connectivity index (χ2n) is 5.25. The first kappa shape index (κ1) is 13.4. The van der Waals surface area contributed by atoms with Crippen molar-refractivity contribution in [3.05, 3.63) is 34.9 Å². The van der Waals surface area contributed by atoms with E-state index in [0.29, 0.717) is 22.9 Å². The van der Waals surface area contributed by atoms with Gasteiger partial charge in [-0.05, 0) is 43.0 Å². The molecule has 0 bridgehead atoms. The molecule has 0 aliphatic carbocycles. The maximum atomic E-state index is 12.5. The summed E-state index contributed by atoms with van der Waals surface area (Å²) < 4.78 is 0. The molecule has 1 heterocycles. The van der Waals surface area contributed by atoms with Crippen LogP contribution in [0.15, 0.2) is 24.3 Å². The molecule has 0 aromatic heterocycles. The number of hydrogen-bond acceptors (Lipinski definition) is 1. The molecule has 0 saturated carbocycles. The van der Waals surface area contributed by atoms with E-state index in [4.69, 9.17) is 11.6 Å². The zero-order valence-electron chi connectivity index (χ0n) is 11.2. The number of carbonyl (C=O) groups excluding carboxylic acids is 1. The van der Waals surface area contributed by atoms with Crippen LogP contribution in [-0.2, 0) is 0 Å². The molecule has 1 aliphatic rings. The van der Waals surface area contributed by atoms with E-state index in [0.717, 1.165) is 18.5 Å². The van der Waals surface area contributed by atoms with Crippen molar-refractivity contribution in [1.82, 2.24) is 4.90 Å². The normalized spacial score (nSPS) is 27.6. The van der Waals surface area contributed by atoms with Crippen molar-refractivity contribution in [3.8, 4) is 0 Å². The lowest BCUT2D eigenvalue weighted by atomic mass is 9.90. The van der Waals surface area contributed by atoms with Gasteiger partial charge in [-0.2, -0.15) is 0 Å². The number of carbonyl (C=O) groups is 1. The molecule has 98 valence electrons. The summed E-state index contributed by atoms with van der Waals surface area (Å²) in [5, 5.41) is 0.667. The van der Waals surface area contributed by atoms with Gasteiger partial charge in [-0.25, -0.2) is 0 Å². The Labute approximate surface area is 114 Å². The van der Waals surface area contributed by atoms with E-state index in [1.165, 1.54) is 0 Å². The fourth-order valence-corrected chi connectivity index (χ4v) is 3.21. The van der Waals surface area contributed by atoms with Gasteiger partial charge in [-0.1, -0.05) is 31.9 Å². The summed E-state index contributed by atoms with van der Waals surface area (Å²) in [6.45, 7) is 7.46. The molecular formula is C15H20ClNO. The summed E-state index contributed by atoms with van der Waals surface area (Å²) in [6.07, 6.45) is 1.13. The highest BCUT2D eigenvalue weighted by molar-refractivity contribution is 6.30. The van der Waals surface area contributed by atoms with Gasteiger partial charge in [0.2, 0.25) is 0 Å². The van der Waals surface area contributed by atoms with Crippen LogP contribution < -0.4 is 0 Å². The van der Waals surface area contributed by atoms with Crippen LogP contribution >= 0.6 is 11.6 Å². The monoisotopic (exact) mass is 265 g/mol. The first-order valence-corrected chi connectivity index (χ1v) is 6.99. The van der Waals surface area contributed by atoms with Gasteiger partial charge in [0.25, 0.3) is 5.91 Å². The average Bonchev–Trinajstić information content (AvgIpc) is 2.64. The van der Waals surface area contributed by atoms with Crippen molar-refractivity contribution in [2.24, 2.45) is 11.8 Å². The minimum Gasteiger partial charge on any atom is -0.335 e. The standard InChI is InChI=1S/C15H20ClNO/c1-4-14-10(2)9-17(11(14)3)15(18)12-5-7-13(16)8-6-12/h5-8,10-11,14H,4,9H2,1-3H3. The minimum atomic E-state index is 0.127. The minimum absolute atomic E-state index is 0.127. The molecule has 0 spiro atoms. The summed E-state index contributed by atoms with van der Waals surface area (Å²) in [4.78, 5) is 14.5. The van der Waals surface area contributed by atoms with Crippen molar-refractivity contribution in [2.45, 2.75) is 33.2 Å². The van der Waals surface area contributed by atoms with Crippen LogP contribution in [0, 0.1) is 11.8 Å². The molecule has 1 fully saturated rings. The second kappa shape index (κ2) is 5.31. The van der Waals surface area contributed by atoms with Crippen LogP contribution in [0.5, 0.6) is 0 Å². The molecule has 18 heavy (non-hydrogen) atoms. The Balaban J connectivity index is 2.17. The van der Waals surface area contributed by atoms with E-state index in [1.54, 1.807) is 24.3 Å². The first-order valence-electron chi connectivity index (χ1n) is 6.61. The third-order valence-electron chi connectivity index (χ3n) is 4.15. The molecular weight excluding hydrogens is 246 g/mol. The fraction of sp³-hybridized carbons (Fsp3) is 0.533. The highest BCUT2D eigenvalue weighted by Crippen LogP contribution is 2.32. The number of amides is 1. The van der Waals surface area contributed by atoms with Gasteiger partial charge in [0.1, 0.15) is 0 Å². The predicted molar refractivity (Wildman–Crippen MR) is 74.9 cm³/mol. The Morgan fingerprint density at radius 2 is 1.94 bits per heavy atom. The highest BCUT2D eigenvalue weighted by atomic mass is 35.5. The molecule has 1 saturated heterocycles. The Hall–Kier alpha value is -1.02. The number of halogens is 1. The lowest BCUT2D eigenvalue weighted by Crippen LogP contribution is -2.35. The molecule has 1 aliphatic heterocycles. The first-order chi connectivity index (χ1) is 8.54. The number of likely N-dealkylation sites (tertiary alicyclic amines) is 1. The Kier molecular flexibility index (Phi) is 3.96. The van der Waals surface area contributed by atoms with Gasteiger partial charge < -0.3 is 4.90 Å². The van der Waals surface area contributed by atoms with Crippen LogP contribution in [-0.4, -0.2) is 23.4 Å². The SMILES string of the molecule is CCC1C(C)CN(C(=O)c2ccc(Cl)cc2)C1C. The number of hydrogen-bond donors (Lipinski definition) is 0. The van der Waals surface area contributed by atoms with E-state index >= 15 is 0 Å². The van der Waals surface area contributed by atoms with Crippen LogP contribution in [0.4, 0.5) is 0 Å². The molecule has 1 aromatic rings. The maximum Gasteiger partial charge on any atom is 0.254 e. The van der Waals surface area contributed by atoms with E-state index in [1.807, 2.05) is 4.90 Å². The van der Waals surface area contributed by atoms with E-state index in [2.05, 4.69) is 20.8 Å². The number of nitrogens with zero attached hydrogens (tertiary/aromatic N) is 1. The smallest absolute Gasteiger partial charge is 0.254 e. The number of rotatable bonds is 2. The van der Waals surface area contributed by atoms with Gasteiger partial charge >= 0.3 is 0 Å². The van der Waals surface area contributed by atoms with Crippen LogP contribution in [0.1, 0.15) is 37.6 Å². The van der Waals surface area contributed by atoms with E-state index < -0.39 is 0 Å². The molecule has 1 aromatic carbocycles. The molecule has 2 rings (SSSR count). The van der Waals surface area contributed by atoms with E-state index in [-0.39, 0.29) is 5.91 Å². The largest absolute Gasteiger partial charge is 0.335 e. The summed E-state index contributed by atoms with van der Waals surface area (Å²) in [5.41, 5.74) is 0.732. The molecule has 2 nitrogen and oxygen atoms in total. The van der Waals surface area contributed by atoms with Gasteiger partial charge in [-0.3, -0.25) is 4.79 Å². The Morgan fingerprint density at radius 1 is 1.33 bits per heavy atom. The van der Waals surface area contributed by atoms with Crippen molar-refractivity contribution < 1.29 is 4.79 Å². The lowest BCUT2D eigenvalue weighted by molar-refractivity contribution is 0.0730. The van der Waals surface area contributed by atoms with E-state index in [9.17, 15) is 4.79 Å². The van der Waals surface area contributed by atoms with Crippen molar-refractivity contribution in [3.63, 3.8) is 0 Å². The van der Waals surface area contributed by atoms with Gasteiger partial charge in [0.15, 0.2) is 0 Å². The van der Waals surface area contributed by atoms with Crippen molar-refractivity contribution in [2.75, 3.05) is 6.54 Å². The third-order valence-corrected chi connectivity index (χ3v) is 4.40. The van der Waals surface area contributed by atoms with Crippen molar-refractivity contribution >= 4 is 17.5 Å². The Morgan fingerprint density at radius 3 is 2.44 bits per heavy atom. The van der Waals surface area contributed by atoms with Crippen LogP contribution in [0.3, 0.4) is 0 Å². The number of benzene rings is 1. The van der Waals surface area contributed by atoms with Gasteiger partial charge in [0, 0.05) is 23.2 Å². The zero-order valence-corrected chi connectivity index (χ0v) is 11.9. The van der Waals surface area contributed by atoms with Crippen LogP contribution in [0.25, 0.3) is 0 Å². The highest BCUT2D eigenvalue weighted by Gasteiger charge is 2.37.